The smallest absolute Gasteiger partial charge is 0.228 e. The molecule has 2 amide bonds. The molecular weight excluding hydrogens is 280 g/mol. The van der Waals surface area contributed by atoms with Crippen LogP contribution in [0.25, 0.3) is 0 Å². The summed E-state index contributed by atoms with van der Waals surface area (Å²) in [5.41, 5.74) is 1.61. The average Bonchev–Trinajstić information content (AvgIpc) is 2.78. The first-order chi connectivity index (χ1) is 9.24. The fourth-order valence-electron chi connectivity index (χ4n) is 1.92. The SMILES string of the molecule is O=C(Nc1ccsc1)[C@@H]1C[C@H]1C(=O)Nc1ccsc1. The van der Waals surface area contributed by atoms with Crippen molar-refractivity contribution in [1.82, 2.24) is 0 Å². The van der Waals surface area contributed by atoms with E-state index in [1.54, 1.807) is 0 Å². The van der Waals surface area contributed by atoms with E-state index in [0.717, 1.165) is 11.4 Å². The fraction of sp³-hybridized carbons (Fsp3) is 0.231. The predicted molar refractivity (Wildman–Crippen MR) is 77.5 cm³/mol. The number of carbonyl (C=O) groups excluding carboxylic acids is 2. The highest BCUT2D eigenvalue weighted by molar-refractivity contribution is 7.08. The molecule has 2 aromatic heterocycles. The quantitative estimate of drug-likeness (QED) is 0.910. The molecular formula is C13H12N2O2S2. The number of hydrogen-bond donors (Lipinski definition) is 2. The summed E-state index contributed by atoms with van der Waals surface area (Å²) >= 11 is 3.06. The van der Waals surface area contributed by atoms with Gasteiger partial charge in [0.05, 0.1) is 23.2 Å². The molecule has 4 nitrogen and oxygen atoms in total. The zero-order valence-corrected chi connectivity index (χ0v) is 11.6. The maximum absolute atomic E-state index is 11.9. The van der Waals surface area contributed by atoms with E-state index in [4.69, 9.17) is 0 Å². The van der Waals surface area contributed by atoms with Crippen LogP contribution in [0.1, 0.15) is 6.42 Å². The van der Waals surface area contributed by atoms with Gasteiger partial charge in [0, 0.05) is 10.8 Å². The lowest BCUT2D eigenvalue weighted by Gasteiger charge is -2.03. The standard InChI is InChI=1S/C13H12N2O2S2/c16-12(14-8-1-3-18-6-8)10-5-11(10)13(17)15-9-2-4-19-7-9/h1-4,6-7,10-11H,5H2,(H,14,16)(H,15,17)/t10-,11-/m1/s1. The first kappa shape index (κ1) is 12.4. The van der Waals surface area contributed by atoms with Gasteiger partial charge in [-0.05, 0) is 29.3 Å². The molecule has 2 heterocycles. The number of thiophene rings is 2. The molecule has 0 bridgehead atoms. The lowest BCUT2D eigenvalue weighted by Crippen LogP contribution is -2.20. The van der Waals surface area contributed by atoms with Crippen molar-refractivity contribution in [3.63, 3.8) is 0 Å². The van der Waals surface area contributed by atoms with E-state index >= 15 is 0 Å². The number of nitrogens with one attached hydrogen (secondary N) is 2. The van der Waals surface area contributed by atoms with Crippen LogP contribution in [-0.2, 0) is 9.59 Å². The van der Waals surface area contributed by atoms with Crippen LogP contribution >= 0.6 is 22.7 Å². The summed E-state index contributed by atoms with van der Waals surface area (Å²) < 4.78 is 0. The van der Waals surface area contributed by atoms with Gasteiger partial charge in [0.25, 0.3) is 0 Å². The van der Waals surface area contributed by atoms with Crippen molar-refractivity contribution in [3.05, 3.63) is 33.7 Å². The molecule has 19 heavy (non-hydrogen) atoms. The highest BCUT2D eigenvalue weighted by atomic mass is 32.1. The first-order valence-corrected chi connectivity index (χ1v) is 7.79. The number of rotatable bonds is 4. The Hall–Kier alpha value is -1.66. The van der Waals surface area contributed by atoms with Crippen LogP contribution in [0.4, 0.5) is 11.4 Å². The molecule has 0 spiro atoms. The van der Waals surface area contributed by atoms with Crippen molar-refractivity contribution in [2.75, 3.05) is 10.6 Å². The first-order valence-electron chi connectivity index (χ1n) is 5.90. The summed E-state index contributed by atoms with van der Waals surface area (Å²) in [6.45, 7) is 0. The maximum atomic E-state index is 11.9. The van der Waals surface area contributed by atoms with Gasteiger partial charge >= 0.3 is 0 Å². The summed E-state index contributed by atoms with van der Waals surface area (Å²) in [4.78, 5) is 23.8. The normalized spacial score (nSPS) is 20.8. The highest BCUT2D eigenvalue weighted by Crippen LogP contribution is 2.40. The van der Waals surface area contributed by atoms with E-state index in [0.29, 0.717) is 6.42 Å². The van der Waals surface area contributed by atoms with Crippen LogP contribution in [0.2, 0.25) is 0 Å². The molecule has 1 aliphatic carbocycles. The summed E-state index contributed by atoms with van der Waals surface area (Å²) in [7, 11) is 0. The van der Waals surface area contributed by atoms with Crippen LogP contribution in [0.5, 0.6) is 0 Å². The zero-order chi connectivity index (χ0) is 13.2. The third kappa shape index (κ3) is 2.85. The lowest BCUT2D eigenvalue weighted by atomic mass is 10.2. The van der Waals surface area contributed by atoms with Crippen LogP contribution in [-0.4, -0.2) is 11.8 Å². The Kier molecular flexibility index (Phi) is 3.35. The van der Waals surface area contributed by atoms with Crippen molar-refractivity contribution >= 4 is 45.9 Å². The molecule has 0 aliphatic heterocycles. The second-order valence-corrected chi connectivity index (χ2v) is 6.01. The maximum Gasteiger partial charge on any atom is 0.228 e. The Bertz CT molecular complexity index is 526. The van der Waals surface area contributed by atoms with E-state index in [-0.39, 0.29) is 23.7 Å². The summed E-state index contributed by atoms with van der Waals surface area (Å²) in [6, 6.07) is 3.71. The Morgan fingerprint density at radius 1 is 0.947 bits per heavy atom. The Labute approximate surface area is 118 Å². The minimum Gasteiger partial charge on any atom is -0.325 e. The third-order valence-corrected chi connectivity index (χ3v) is 4.41. The summed E-state index contributed by atoms with van der Waals surface area (Å²) in [6.07, 6.45) is 0.631. The van der Waals surface area contributed by atoms with Crippen LogP contribution in [0, 0.1) is 11.8 Å². The van der Waals surface area contributed by atoms with Gasteiger partial charge in [-0.2, -0.15) is 22.7 Å². The predicted octanol–water partition coefficient (Wildman–Crippen LogP) is 3.02. The van der Waals surface area contributed by atoms with E-state index in [1.807, 2.05) is 33.7 Å². The zero-order valence-electron chi connectivity index (χ0n) is 9.96. The fourth-order valence-corrected chi connectivity index (χ4v) is 3.09. The Morgan fingerprint density at radius 2 is 1.42 bits per heavy atom. The molecule has 2 atom stereocenters. The van der Waals surface area contributed by atoms with Crippen LogP contribution in [0.15, 0.2) is 33.7 Å². The van der Waals surface area contributed by atoms with Crippen molar-refractivity contribution in [3.8, 4) is 0 Å². The highest BCUT2D eigenvalue weighted by Gasteiger charge is 2.48. The topological polar surface area (TPSA) is 58.2 Å². The molecule has 0 aromatic carbocycles. The van der Waals surface area contributed by atoms with Gasteiger partial charge in [-0.3, -0.25) is 9.59 Å². The van der Waals surface area contributed by atoms with Crippen molar-refractivity contribution in [2.45, 2.75) is 6.42 Å². The lowest BCUT2D eigenvalue weighted by molar-refractivity contribution is -0.122. The summed E-state index contributed by atoms with van der Waals surface area (Å²) in [5.74, 6) is -0.523. The van der Waals surface area contributed by atoms with E-state index in [1.165, 1.54) is 22.7 Å². The third-order valence-electron chi connectivity index (χ3n) is 3.04. The molecule has 0 saturated heterocycles. The van der Waals surface area contributed by atoms with Crippen LogP contribution in [0.3, 0.4) is 0 Å². The molecule has 98 valence electrons. The van der Waals surface area contributed by atoms with Gasteiger partial charge in [0.15, 0.2) is 0 Å². The minimum atomic E-state index is -0.196. The van der Waals surface area contributed by atoms with Gasteiger partial charge in [0.2, 0.25) is 11.8 Å². The monoisotopic (exact) mass is 292 g/mol. The van der Waals surface area contributed by atoms with Gasteiger partial charge in [-0.15, -0.1) is 0 Å². The van der Waals surface area contributed by atoms with Crippen molar-refractivity contribution in [1.29, 1.82) is 0 Å². The van der Waals surface area contributed by atoms with Crippen LogP contribution < -0.4 is 10.6 Å². The molecule has 2 aromatic rings. The average molecular weight is 292 g/mol. The molecule has 6 heteroatoms. The van der Waals surface area contributed by atoms with E-state index < -0.39 is 0 Å². The Morgan fingerprint density at radius 3 is 1.79 bits per heavy atom. The molecule has 1 saturated carbocycles. The molecule has 1 aliphatic rings. The van der Waals surface area contributed by atoms with Gasteiger partial charge in [0.1, 0.15) is 0 Å². The number of amides is 2. The van der Waals surface area contributed by atoms with Crippen molar-refractivity contribution in [2.24, 2.45) is 11.8 Å². The van der Waals surface area contributed by atoms with Gasteiger partial charge in [-0.1, -0.05) is 0 Å². The number of anilines is 2. The molecule has 2 N–H and O–H groups in total. The minimum absolute atomic E-state index is 0.0659. The second kappa shape index (κ2) is 5.14. The second-order valence-electron chi connectivity index (χ2n) is 4.45. The molecule has 3 rings (SSSR count). The number of hydrogen-bond acceptors (Lipinski definition) is 4. The molecule has 0 radical (unpaired) electrons. The summed E-state index contributed by atoms with van der Waals surface area (Å²) in [5, 5.41) is 13.2. The Balaban J connectivity index is 1.53. The van der Waals surface area contributed by atoms with Crippen molar-refractivity contribution < 1.29 is 9.59 Å². The molecule has 1 fully saturated rings. The van der Waals surface area contributed by atoms with E-state index in [2.05, 4.69) is 10.6 Å². The number of carbonyl (C=O) groups is 2. The van der Waals surface area contributed by atoms with Gasteiger partial charge < -0.3 is 10.6 Å². The van der Waals surface area contributed by atoms with Gasteiger partial charge in [-0.25, -0.2) is 0 Å². The largest absolute Gasteiger partial charge is 0.325 e. The van der Waals surface area contributed by atoms with E-state index in [9.17, 15) is 9.59 Å². The molecule has 0 unspecified atom stereocenters.